The second-order valence-electron chi connectivity index (χ2n) is 7.14. The Labute approximate surface area is 143 Å². The Morgan fingerprint density at radius 1 is 1.04 bits per heavy atom. The summed E-state index contributed by atoms with van der Waals surface area (Å²) in [6, 6.07) is 8.27. The molecule has 0 radical (unpaired) electrons. The fraction of sp³-hybridized carbons (Fsp3) is 0.588. The first-order chi connectivity index (χ1) is 11.5. The Kier molecular flexibility index (Phi) is 4.71. The van der Waals surface area contributed by atoms with Crippen molar-refractivity contribution in [2.24, 2.45) is 0 Å². The molecule has 0 atom stereocenters. The number of aromatic nitrogens is 4. The summed E-state index contributed by atoms with van der Waals surface area (Å²) in [6.07, 6.45) is 0. The third kappa shape index (κ3) is 3.67. The van der Waals surface area contributed by atoms with E-state index in [1.54, 1.807) is 7.11 Å². The predicted octanol–water partition coefficient (Wildman–Crippen LogP) is 1.76. The summed E-state index contributed by atoms with van der Waals surface area (Å²) in [4.78, 5) is 4.82. The number of ether oxygens (including phenoxy) is 1. The van der Waals surface area contributed by atoms with Crippen molar-refractivity contribution < 1.29 is 4.74 Å². The van der Waals surface area contributed by atoms with Crippen LogP contribution < -0.4 is 9.64 Å². The van der Waals surface area contributed by atoms with Crippen LogP contribution in [0.25, 0.3) is 0 Å². The van der Waals surface area contributed by atoms with Crippen LogP contribution in [0.5, 0.6) is 5.75 Å². The van der Waals surface area contributed by atoms with Crippen LogP contribution >= 0.6 is 0 Å². The third-order valence-corrected chi connectivity index (χ3v) is 4.34. The standard InChI is InChI=1S/C17H26N6O/c1-17(2,3)23-16(18-19-20-23)13-21-9-11-22(12-10-21)14-5-7-15(24-4)8-6-14/h5-8H,9-13H2,1-4H3. The molecule has 3 rings (SSSR count). The van der Waals surface area contributed by atoms with Crippen LogP contribution in [-0.4, -0.2) is 58.4 Å². The fourth-order valence-corrected chi connectivity index (χ4v) is 2.98. The van der Waals surface area contributed by atoms with Crippen LogP contribution in [0.1, 0.15) is 26.6 Å². The van der Waals surface area contributed by atoms with Gasteiger partial charge < -0.3 is 9.64 Å². The first-order valence-electron chi connectivity index (χ1n) is 8.36. The maximum atomic E-state index is 5.22. The summed E-state index contributed by atoms with van der Waals surface area (Å²) in [7, 11) is 1.69. The minimum atomic E-state index is -0.0935. The van der Waals surface area contributed by atoms with Crippen LogP contribution in [0.15, 0.2) is 24.3 Å². The number of tetrazole rings is 1. The van der Waals surface area contributed by atoms with E-state index in [0.29, 0.717) is 0 Å². The average molecular weight is 330 g/mol. The number of nitrogens with zero attached hydrogens (tertiary/aromatic N) is 6. The van der Waals surface area contributed by atoms with Crippen molar-refractivity contribution in [1.82, 2.24) is 25.1 Å². The van der Waals surface area contributed by atoms with E-state index in [1.807, 2.05) is 16.8 Å². The molecule has 1 aliphatic heterocycles. The van der Waals surface area contributed by atoms with Gasteiger partial charge in [0.15, 0.2) is 5.82 Å². The van der Waals surface area contributed by atoms with Crippen LogP contribution in [0.2, 0.25) is 0 Å². The van der Waals surface area contributed by atoms with Crippen molar-refractivity contribution in [2.75, 3.05) is 38.2 Å². The monoisotopic (exact) mass is 330 g/mol. The maximum Gasteiger partial charge on any atom is 0.165 e. The van der Waals surface area contributed by atoms with Gasteiger partial charge in [-0.2, -0.15) is 0 Å². The number of piperazine rings is 1. The molecule has 0 spiro atoms. The van der Waals surface area contributed by atoms with Crippen LogP contribution in [0.4, 0.5) is 5.69 Å². The maximum absolute atomic E-state index is 5.22. The highest BCUT2D eigenvalue weighted by Crippen LogP contribution is 2.21. The number of benzene rings is 1. The highest BCUT2D eigenvalue weighted by Gasteiger charge is 2.23. The topological polar surface area (TPSA) is 59.3 Å². The lowest BCUT2D eigenvalue weighted by Gasteiger charge is -2.36. The zero-order valence-corrected chi connectivity index (χ0v) is 14.9. The molecular weight excluding hydrogens is 304 g/mol. The third-order valence-electron chi connectivity index (χ3n) is 4.34. The first kappa shape index (κ1) is 16.7. The highest BCUT2D eigenvalue weighted by atomic mass is 16.5. The zero-order valence-electron chi connectivity index (χ0n) is 14.9. The summed E-state index contributed by atoms with van der Waals surface area (Å²) in [5, 5.41) is 12.2. The average Bonchev–Trinajstić information content (AvgIpc) is 3.04. The van der Waals surface area contributed by atoms with Crippen molar-refractivity contribution in [3.8, 4) is 5.75 Å². The van der Waals surface area contributed by atoms with Gasteiger partial charge in [0, 0.05) is 31.9 Å². The Hall–Kier alpha value is -2.15. The second kappa shape index (κ2) is 6.76. The van der Waals surface area contributed by atoms with E-state index in [9.17, 15) is 0 Å². The van der Waals surface area contributed by atoms with Gasteiger partial charge in [-0.1, -0.05) is 0 Å². The van der Waals surface area contributed by atoms with Crippen molar-refractivity contribution in [1.29, 1.82) is 0 Å². The van der Waals surface area contributed by atoms with Gasteiger partial charge in [-0.3, -0.25) is 4.90 Å². The molecule has 1 fully saturated rings. The van der Waals surface area contributed by atoms with Gasteiger partial charge in [-0.15, -0.1) is 5.10 Å². The zero-order chi connectivity index (χ0) is 17.2. The molecule has 0 bridgehead atoms. The molecule has 1 saturated heterocycles. The molecular formula is C17H26N6O. The van der Waals surface area contributed by atoms with Gasteiger partial charge >= 0.3 is 0 Å². The fourth-order valence-electron chi connectivity index (χ4n) is 2.98. The van der Waals surface area contributed by atoms with Crippen LogP contribution in [0.3, 0.4) is 0 Å². The quantitative estimate of drug-likeness (QED) is 0.851. The number of anilines is 1. The molecule has 1 aliphatic rings. The van der Waals surface area contributed by atoms with Gasteiger partial charge in [0.05, 0.1) is 19.2 Å². The van der Waals surface area contributed by atoms with E-state index in [1.165, 1.54) is 5.69 Å². The van der Waals surface area contributed by atoms with Crippen molar-refractivity contribution in [3.63, 3.8) is 0 Å². The van der Waals surface area contributed by atoms with E-state index in [-0.39, 0.29) is 5.54 Å². The summed E-state index contributed by atoms with van der Waals surface area (Å²) in [5.74, 6) is 1.83. The largest absolute Gasteiger partial charge is 0.497 e. The van der Waals surface area contributed by atoms with Crippen molar-refractivity contribution in [2.45, 2.75) is 32.9 Å². The lowest BCUT2D eigenvalue weighted by molar-refractivity contribution is 0.228. The van der Waals surface area contributed by atoms with E-state index in [4.69, 9.17) is 4.74 Å². The molecule has 0 amide bonds. The second-order valence-corrected chi connectivity index (χ2v) is 7.14. The Bertz CT molecular complexity index is 652. The van der Waals surface area contributed by atoms with E-state index in [2.05, 4.69) is 58.2 Å². The lowest BCUT2D eigenvalue weighted by Crippen LogP contribution is -2.46. The number of hydrogen-bond acceptors (Lipinski definition) is 6. The SMILES string of the molecule is COc1ccc(N2CCN(Cc3nnnn3C(C)(C)C)CC2)cc1. The van der Waals surface area contributed by atoms with Crippen LogP contribution in [-0.2, 0) is 12.1 Å². The van der Waals surface area contributed by atoms with Gasteiger partial charge in [0.2, 0.25) is 0 Å². The number of hydrogen-bond donors (Lipinski definition) is 0. The number of rotatable bonds is 4. The normalized spacial score (nSPS) is 16.4. The minimum Gasteiger partial charge on any atom is -0.497 e. The summed E-state index contributed by atoms with van der Waals surface area (Å²) in [5.41, 5.74) is 1.15. The Morgan fingerprint density at radius 3 is 2.29 bits per heavy atom. The smallest absolute Gasteiger partial charge is 0.165 e. The molecule has 0 N–H and O–H groups in total. The number of methoxy groups -OCH3 is 1. The lowest BCUT2D eigenvalue weighted by atomic mass is 10.1. The van der Waals surface area contributed by atoms with Gasteiger partial charge in [-0.25, -0.2) is 4.68 Å². The molecule has 0 aliphatic carbocycles. The van der Waals surface area contributed by atoms with Crippen molar-refractivity contribution >= 4 is 5.69 Å². The molecule has 7 nitrogen and oxygen atoms in total. The minimum absolute atomic E-state index is 0.0935. The summed E-state index contributed by atoms with van der Waals surface area (Å²) in [6.45, 7) is 11.2. The summed E-state index contributed by atoms with van der Waals surface area (Å²) >= 11 is 0. The van der Waals surface area contributed by atoms with Gasteiger partial charge in [0.1, 0.15) is 5.75 Å². The predicted molar refractivity (Wildman–Crippen MR) is 93.3 cm³/mol. The highest BCUT2D eigenvalue weighted by molar-refractivity contribution is 5.49. The molecule has 7 heteroatoms. The molecule has 0 saturated carbocycles. The molecule has 2 heterocycles. The van der Waals surface area contributed by atoms with Gasteiger partial charge in [-0.05, 0) is 55.5 Å². The van der Waals surface area contributed by atoms with E-state index < -0.39 is 0 Å². The van der Waals surface area contributed by atoms with Crippen LogP contribution in [0, 0.1) is 0 Å². The Balaban J connectivity index is 1.58. The first-order valence-corrected chi connectivity index (χ1v) is 8.36. The summed E-state index contributed by atoms with van der Waals surface area (Å²) < 4.78 is 7.14. The van der Waals surface area contributed by atoms with Gasteiger partial charge in [0.25, 0.3) is 0 Å². The van der Waals surface area contributed by atoms with E-state index >= 15 is 0 Å². The molecule has 1 aromatic carbocycles. The molecule has 24 heavy (non-hydrogen) atoms. The molecule has 130 valence electrons. The Morgan fingerprint density at radius 2 is 1.71 bits per heavy atom. The van der Waals surface area contributed by atoms with E-state index in [0.717, 1.165) is 44.3 Å². The molecule has 2 aromatic rings. The molecule has 1 aromatic heterocycles. The molecule has 0 unspecified atom stereocenters. The van der Waals surface area contributed by atoms with Crippen molar-refractivity contribution in [3.05, 3.63) is 30.1 Å².